The summed E-state index contributed by atoms with van der Waals surface area (Å²) in [4.78, 5) is 10.5. The summed E-state index contributed by atoms with van der Waals surface area (Å²) in [5, 5.41) is 0. The second kappa shape index (κ2) is 4.41. The van der Waals surface area contributed by atoms with Gasteiger partial charge in [-0.15, -0.1) is 0 Å². The van der Waals surface area contributed by atoms with E-state index in [-0.39, 0.29) is 18.0 Å². The number of benzene rings is 1. The van der Waals surface area contributed by atoms with Gasteiger partial charge < -0.3 is 9.53 Å². The van der Waals surface area contributed by atoms with Gasteiger partial charge in [-0.2, -0.15) is 0 Å². The Bertz CT molecular complexity index is 381. The molecule has 0 bridgehead atoms. The molecule has 1 fully saturated rings. The minimum Gasteiger partial charge on any atom is -0.363 e. The van der Waals surface area contributed by atoms with Crippen LogP contribution in [0, 0.1) is 5.82 Å². The van der Waals surface area contributed by atoms with Gasteiger partial charge in [0.05, 0.1) is 10.6 Å². The topological polar surface area (TPSA) is 26.3 Å². The second-order valence-electron chi connectivity index (χ2n) is 3.52. The highest BCUT2D eigenvalue weighted by molar-refractivity contribution is 9.10. The van der Waals surface area contributed by atoms with Gasteiger partial charge in [-0.25, -0.2) is 4.39 Å². The molecule has 0 aromatic heterocycles. The Labute approximate surface area is 95.6 Å². The number of halogens is 2. The average Bonchev–Trinajstić information content (AvgIpc) is 2.70. The molecule has 0 saturated carbocycles. The first-order valence-corrected chi connectivity index (χ1v) is 5.56. The second-order valence-corrected chi connectivity index (χ2v) is 4.37. The standard InChI is InChI=1S/C11H10BrFO2/c12-9-3-1-2-8(11(9)13)10-5-4-7(6-14)15-10/h1-3,6-7,10H,4-5H2. The molecule has 0 spiro atoms. The Morgan fingerprint density at radius 1 is 1.47 bits per heavy atom. The molecule has 1 heterocycles. The zero-order valence-corrected chi connectivity index (χ0v) is 9.54. The van der Waals surface area contributed by atoms with E-state index < -0.39 is 0 Å². The molecule has 0 N–H and O–H groups in total. The summed E-state index contributed by atoms with van der Waals surface area (Å²) in [6.07, 6.45) is 1.46. The maximum absolute atomic E-state index is 13.7. The van der Waals surface area contributed by atoms with E-state index in [9.17, 15) is 9.18 Å². The average molecular weight is 273 g/mol. The predicted molar refractivity (Wildman–Crippen MR) is 57.0 cm³/mol. The van der Waals surface area contributed by atoms with Gasteiger partial charge in [-0.05, 0) is 34.8 Å². The third-order valence-corrected chi connectivity index (χ3v) is 3.15. The van der Waals surface area contributed by atoms with Crippen LogP contribution in [0.3, 0.4) is 0 Å². The van der Waals surface area contributed by atoms with Crippen molar-refractivity contribution in [1.29, 1.82) is 0 Å². The molecular formula is C11H10BrFO2. The van der Waals surface area contributed by atoms with Crippen LogP contribution in [-0.4, -0.2) is 12.4 Å². The van der Waals surface area contributed by atoms with Crippen molar-refractivity contribution in [2.24, 2.45) is 0 Å². The Hall–Kier alpha value is -0.740. The van der Waals surface area contributed by atoms with Crippen molar-refractivity contribution in [3.63, 3.8) is 0 Å². The predicted octanol–water partition coefficient (Wildman–Crippen LogP) is 3.01. The number of hydrogen-bond acceptors (Lipinski definition) is 2. The van der Waals surface area contributed by atoms with E-state index >= 15 is 0 Å². The highest BCUT2D eigenvalue weighted by Gasteiger charge is 2.28. The van der Waals surface area contributed by atoms with Gasteiger partial charge in [0.1, 0.15) is 18.2 Å². The summed E-state index contributed by atoms with van der Waals surface area (Å²) in [6.45, 7) is 0. The van der Waals surface area contributed by atoms with Crippen LogP contribution < -0.4 is 0 Å². The van der Waals surface area contributed by atoms with E-state index in [1.54, 1.807) is 18.2 Å². The molecule has 2 rings (SSSR count). The van der Waals surface area contributed by atoms with Crippen molar-refractivity contribution in [3.8, 4) is 0 Å². The molecule has 2 atom stereocenters. The fourth-order valence-corrected chi connectivity index (χ4v) is 2.14. The highest BCUT2D eigenvalue weighted by Crippen LogP contribution is 2.35. The normalized spacial score (nSPS) is 25.5. The summed E-state index contributed by atoms with van der Waals surface area (Å²) < 4.78 is 19.5. The Balaban J connectivity index is 2.24. The van der Waals surface area contributed by atoms with Gasteiger partial charge in [0.15, 0.2) is 0 Å². The third-order valence-electron chi connectivity index (χ3n) is 2.53. The van der Waals surface area contributed by atoms with Crippen molar-refractivity contribution < 1.29 is 13.9 Å². The molecule has 4 heteroatoms. The molecule has 0 radical (unpaired) electrons. The number of hydrogen-bond donors (Lipinski definition) is 0. The van der Waals surface area contributed by atoms with Crippen LogP contribution in [0.25, 0.3) is 0 Å². The first-order valence-electron chi connectivity index (χ1n) is 4.77. The first kappa shape index (κ1) is 10.8. The molecule has 2 unspecified atom stereocenters. The fourth-order valence-electron chi connectivity index (χ4n) is 1.76. The summed E-state index contributed by atoms with van der Waals surface area (Å²) in [6, 6.07) is 5.10. The molecule has 15 heavy (non-hydrogen) atoms. The Morgan fingerprint density at radius 3 is 2.93 bits per heavy atom. The molecule has 0 aliphatic carbocycles. The molecule has 2 nitrogen and oxygen atoms in total. The van der Waals surface area contributed by atoms with Crippen molar-refractivity contribution in [2.75, 3.05) is 0 Å². The molecule has 1 aliphatic rings. The summed E-state index contributed by atoms with van der Waals surface area (Å²) in [5.41, 5.74) is 0.522. The van der Waals surface area contributed by atoms with Gasteiger partial charge in [0.25, 0.3) is 0 Å². The minimum atomic E-state index is -0.381. The third kappa shape index (κ3) is 2.11. The molecule has 0 amide bonds. The number of rotatable bonds is 2. The number of carbonyl (C=O) groups excluding carboxylic acids is 1. The smallest absolute Gasteiger partial charge is 0.148 e. The fraction of sp³-hybridized carbons (Fsp3) is 0.364. The maximum Gasteiger partial charge on any atom is 0.148 e. The van der Waals surface area contributed by atoms with Gasteiger partial charge in [-0.1, -0.05) is 12.1 Å². The van der Waals surface area contributed by atoms with E-state index in [1.807, 2.05) is 0 Å². The molecule has 1 saturated heterocycles. The lowest BCUT2D eigenvalue weighted by atomic mass is 10.1. The lowest BCUT2D eigenvalue weighted by Crippen LogP contribution is -2.08. The van der Waals surface area contributed by atoms with Gasteiger partial charge in [0, 0.05) is 5.56 Å². The molecule has 1 aromatic carbocycles. The van der Waals surface area contributed by atoms with Crippen molar-refractivity contribution in [3.05, 3.63) is 34.1 Å². The van der Waals surface area contributed by atoms with Crippen LogP contribution in [0.2, 0.25) is 0 Å². The van der Waals surface area contributed by atoms with Crippen LogP contribution in [0.1, 0.15) is 24.5 Å². The largest absolute Gasteiger partial charge is 0.363 e. The van der Waals surface area contributed by atoms with Gasteiger partial charge in [0.2, 0.25) is 0 Å². The summed E-state index contributed by atoms with van der Waals surface area (Å²) in [7, 11) is 0. The molecule has 1 aromatic rings. The van der Waals surface area contributed by atoms with E-state index in [1.165, 1.54) is 0 Å². The lowest BCUT2D eigenvalue weighted by Gasteiger charge is -2.12. The van der Waals surface area contributed by atoms with Crippen LogP contribution in [0.15, 0.2) is 22.7 Å². The van der Waals surface area contributed by atoms with Crippen LogP contribution >= 0.6 is 15.9 Å². The van der Waals surface area contributed by atoms with Crippen molar-refractivity contribution in [1.82, 2.24) is 0 Å². The maximum atomic E-state index is 13.7. The summed E-state index contributed by atoms with van der Waals surface area (Å²) in [5.74, 6) is -0.297. The van der Waals surface area contributed by atoms with Crippen LogP contribution in [0.5, 0.6) is 0 Å². The summed E-state index contributed by atoms with van der Waals surface area (Å²) >= 11 is 3.13. The van der Waals surface area contributed by atoms with Crippen LogP contribution in [0.4, 0.5) is 4.39 Å². The van der Waals surface area contributed by atoms with Crippen molar-refractivity contribution in [2.45, 2.75) is 25.0 Å². The quantitative estimate of drug-likeness (QED) is 0.774. The van der Waals surface area contributed by atoms with E-state index in [0.717, 1.165) is 6.29 Å². The lowest BCUT2D eigenvalue weighted by molar-refractivity contribution is -0.117. The van der Waals surface area contributed by atoms with Gasteiger partial charge in [-0.3, -0.25) is 0 Å². The monoisotopic (exact) mass is 272 g/mol. The molecular weight excluding hydrogens is 263 g/mol. The van der Waals surface area contributed by atoms with E-state index in [4.69, 9.17) is 4.74 Å². The Morgan fingerprint density at radius 2 is 2.27 bits per heavy atom. The molecule has 1 aliphatic heterocycles. The van der Waals surface area contributed by atoms with E-state index in [0.29, 0.717) is 22.9 Å². The zero-order valence-electron chi connectivity index (χ0n) is 7.95. The SMILES string of the molecule is O=CC1CCC(c2cccc(Br)c2F)O1. The first-order chi connectivity index (χ1) is 7.22. The minimum absolute atomic E-state index is 0.294. The molecule has 80 valence electrons. The Kier molecular flexibility index (Phi) is 3.17. The van der Waals surface area contributed by atoms with Crippen molar-refractivity contribution >= 4 is 22.2 Å². The van der Waals surface area contributed by atoms with Crippen LogP contribution in [-0.2, 0) is 9.53 Å². The van der Waals surface area contributed by atoms with E-state index in [2.05, 4.69) is 15.9 Å². The zero-order chi connectivity index (χ0) is 10.8. The highest BCUT2D eigenvalue weighted by atomic mass is 79.9. The number of aldehydes is 1. The number of ether oxygens (including phenoxy) is 1. The number of carbonyl (C=O) groups is 1. The van der Waals surface area contributed by atoms with Gasteiger partial charge >= 0.3 is 0 Å².